The van der Waals surface area contributed by atoms with Gasteiger partial charge in [-0.2, -0.15) is 0 Å². The van der Waals surface area contributed by atoms with Crippen LogP contribution >= 0.6 is 0 Å². The van der Waals surface area contributed by atoms with E-state index in [1.807, 2.05) is 12.1 Å². The number of nitrogens with two attached hydrogens (primary N) is 1. The van der Waals surface area contributed by atoms with Crippen molar-refractivity contribution in [3.63, 3.8) is 0 Å². The van der Waals surface area contributed by atoms with Gasteiger partial charge in [-0.3, -0.25) is 0 Å². The van der Waals surface area contributed by atoms with Crippen LogP contribution in [0, 0.1) is 5.92 Å². The van der Waals surface area contributed by atoms with Crippen LogP contribution in [0.5, 0.6) is 0 Å². The summed E-state index contributed by atoms with van der Waals surface area (Å²) in [5.41, 5.74) is 6.81. The Morgan fingerprint density at radius 1 is 1.38 bits per heavy atom. The van der Waals surface area contributed by atoms with E-state index in [9.17, 15) is 8.42 Å². The first-order valence-corrected chi connectivity index (χ1v) is 7.28. The summed E-state index contributed by atoms with van der Waals surface area (Å²) in [6, 6.07) is 7.42. The number of hydrogen-bond acceptors (Lipinski definition) is 3. The number of hydrogen-bond donors (Lipinski definition) is 1. The van der Waals surface area contributed by atoms with Gasteiger partial charge < -0.3 is 5.73 Å². The monoisotopic (exact) mass is 237 g/mol. The summed E-state index contributed by atoms with van der Waals surface area (Å²) in [6.07, 6.45) is 1.80. The maximum atomic E-state index is 12.0. The molecule has 86 valence electrons. The molecular weight excluding hydrogens is 222 g/mol. The third-order valence-electron chi connectivity index (χ3n) is 4.09. The summed E-state index contributed by atoms with van der Waals surface area (Å²) >= 11 is 0. The normalized spacial score (nSPS) is 34.7. The Kier molecular flexibility index (Phi) is 1.98. The number of benzene rings is 1. The van der Waals surface area contributed by atoms with Crippen molar-refractivity contribution in [3.05, 3.63) is 29.8 Å². The molecule has 1 aliphatic heterocycles. The third kappa shape index (κ3) is 1.20. The van der Waals surface area contributed by atoms with E-state index in [4.69, 9.17) is 5.73 Å². The van der Waals surface area contributed by atoms with Gasteiger partial charge in [0.05, 0.1) is 10.6 Å². The van der Waals surface area contributed by atoms with Crippen LogP contribution in [0.4, 0.5) is 0 Å². The highest BCUT2D eigenvalue weighted by Gasteiger charge is 2.57. The van der Waals surface area contributed by atoms with Crippen LogP contribution in [0.15, 0.2) is 29.2 Å². The Morgan fingerprint density at radius 3 is 2.81 bits per heavy atom. The Labute approximate surface area is 95.6 Å². The van der Waals surface area contributed by atoms with Gasteiger partial charge in [0, 0.05) is 5.41 Å². The molecule has 1 saturated carbocycles. The van der Waals surface area contributed by atoms with Crippen LogP contribution in [0.25, 0.3) is 0 Å². The molecule has 2 unspecified atom stereocenters. The van der Waals surface area contributed by atoms with Gasteiger partial charge in [0.15, 0.2) is 9.84 Å². The summed E-state index contributed by atoms with van der Waals surface area (Å²) < 4.78 is 23.9. The molecule has 16 heavy (non-hydrogen) atoms. The molecule has 0 radical (unpaired) electrons. The van der Waals surface area contributed by atoms with E-state index < -0.39 is 9.84 Å². The highest BCUT2D eigenvalue weighted by molar-refractivity contribution is 7.91. The van der Waals surface area contributed by atoms with Crippen molar-refractivity contribution >= 4 is 9.84 Å². The third-order valence-corrected chi connectivity index (χ3v) is 5.86. The van der Waals surface area contributed by atoms with E-state index in [2.05, 4.69) is 0 Å². The lowest BCUT2D eigenvalue weighted by molar-refractivity contribution is 0.532. The van der Waals surface area contributed by atoms with Crippen LogP contribution in [0.3, 0.4) is 0 Å². The molecule has 1 fully saturated rings. The lowest BCUT2D eigenvalue weighted by atomic mass is 9.90. The number of fused-ring (bicyclic) bond motifs is 2. The second-order valence-electron chi connectivity index (χ2n) is 4.86. The Hall–Kier alpha value is -0.870. The van der Waals surface area contributed by atoms with Gasteiger partial charge in [-0.15, -0.1) is 0 Å². The zero-order valence-electron chi connectivity index (χ0n) is 9.02. The van der Waals surface area contributed by atoms with Crippen molar-refractivity contribution < 1.29 is 8.42 Å². The Bertz CT molecular complexity index is 538. The fourth-order valence-electron chi connectivity index (χ4n) is 3.04. The van der Waals surface area contributed by atoms with E-state index in [1.54, 1.807) is 12.1 Å². The van der Waals surface area contributed by atoms with Gasteiger partial charge in [-0.25, -0.2) is 8.42 Å². The molecule has 4 heteroatoms. The van der Waals surface area contributed by atoms with Crippen molar-refractivity contribution in [1.29, 1.82) is 0 Å². The number of sulfone groups is 1. The van der Waals surface area contributed by atoms with Crippen LogP contribution in [-0.2, 0) is 15.3 Å². The van der Waals surface area contributed by atoms with E-state index in [0.29, 0.717) is 17.4 Å². The minimum Gasteiger partial charge on any atom is -0.330 e. The second kappa shape index (κ2) is 3.08. The summed E-state index contributed by atoms with van der Waals surface area (Å²) in [6.45, 7) is 0.661. The molecule has 2 aliphatic rings. The first-order chi connectivity index (χ1) is 7.60. The molecule has 0 bridgehead atoms. The van der Waals surface area contributed by atoms with Crippen molar-refractivity contribution in [1.82, 2.24) is 0 Å². The van der Waals surface area contributed by atoms with Crippen molar-refractivity contribution in [3.8, 4) is 0 Å². The van der Waals surface area contributed by atoms with Gasteiger partial charge in [0.25, 0.3) is 0 Å². The van der Waals surface area contributed by atoms with Gasteiger partial charge in [0.1, 0.15) is 0 Å². The summed E-state index contributed by atoms with van der Waals surface area (Å²) in [5, 5.41) is 0. The SMILES string of the molecule is NCC1CC12CCS(=O)(=O)c1ccccc12. The van der Waals surface area contributed by atoms with Crippen molar-refractivity contribution in [2.45, 2.75) is 23.2 Å². The van der Waals surface area contributed by atoms with Crippen LogP contribution in [0.2, 0.25) is 0 Å². The summed E-state index contributed by atoms with van der Waals surface area (Å²) in [4.78, 5) is 0.539. The smallest absolute Gasteiger partial charge is 0.178 e. The molecule has 3 rings (SSSR count). The lowest BCUT2D eigenvalue weighted by Crippen LogP contribution is -2.27. The molecule has 0 aromatic heterocycles. The summed E-state index contributed by atoms with van der Waals surface area (Å²) in [7, 11) is -3.05. The molecule has 1 aliphatic carbocycles. The van der Waals surface area contributed by atoms with Crippen LogP contribution in [0.1, 0.15) is 18.4 Å². The molecular formula is C12H15NO2S. The molecule has 0 amide bonds. The first-order valence-electron chi connectivity index (χ1n) is 5.62. The standard InChI is InChI=1S/C12H15NO2S/c13-8-9-7-12(9)5-6-16(14,15)11-4-2-1-3-10(11)12/h1-4,9H,5-8,13H2. The van der Waals surface area contributed by atoms with E-state index >= 15 is 0 Å². The Morgan fingerprint density at radius 2 is 2.12 bits per heavy atom. The minimum absolute atomic E-state index is 0.0800. The molecule has 2 atom stereocenters. The Balaban J connectivity index is 2.18. The van der Waals surface area contributed by atoms with Crippen LogP contribution < -0.4 is 5.73 Å². The van der Waals surface area contributed by atoms with Crippen molar-refractivity contribution in [2.24, 2.45) is 11.7 Å². The topological polar surface area (TPSA) is 60.2 Å². The largest absolute Gasteiger partial charge is 0.330 e. The number of rotatable bonds is 1. The predicted molar refractivity (Wildman–Crippen MR) is 62.0 cm³/mol. The second-order valence-corrected chi connectivity index (χ2v) is 6.94. The fourth-order valence-corrected chi connectivity index (χ4v) is 4.78. The van der Waals surface area contributed by atoms with Gasteiger partial charge in [0.2, 0.25) is 0 Å². The van der Waals surface area contributed by atoms with E-state index in [1.165, 1.54) is 0 Å². The molecule has 3 nitrogen and oxygen atoms in total. The zero-order valence-corrected chi connectivity index (χ0v) is 9.83. The fraction of sp³-hybridized carbons (Fsp3) is 0.500. The highest BCUT2D eigenvalue weighted by Crippen LogP contribution is 2.59. The molecule has 1 heterocycles. The first kappa shape index (κ1) is 10.3. The average Bonchev–Trinajstić information content (AvgIpc) is 3.00. The maximum absolute atomic E-state index is 12.0. The van der Waals surface area contributed by atoms with Crippen LogP contribution in [-0.4, -0.2) is 20.7 Å². The molecule has 1 aromatic carbocycles. The quantitative estimate of drug-likeness (QED) is 0.795. The molecule has 1 aromatic rings. The predicted octanol–water partition coefficient (Wildman–Crippen LogP) is 1.08. The van der Waals surface area contributed by atoms with Gasteiger partial charge >= 0.3 is 0 Å². The maximum Gasteiger partial charge on any atom is 0.178 e. The van der Waals surface area contributed by atoms with E-state index in [0.717, 1.165) is 18.4 Å². The lowest BCUT2D eigenvalue weighted by Gasteiger charge is -2.26. The molecule has 2 N–H and O–H groups in total. The van der Waals surface area contributed by atoms with Gasteiger partial charge in [-0.05, 0) is 36.9 Å². The molecule has 0 saturated heterocycles. The van der Waals surface area contributed by atoms with Crippen molar-refractivity contribution in [2.75, 3.05) is 12.3 Å². The average molecular weight is 237 g/mol. The summed E-state index contributed by atoms with van der Waals surface area (Å²) in [5.74, 6) is 0.754. The van der Waals surface area contributed by atoms with Gasteiger partial charge in [-0.1, -0.05) is 18.2 Å². The van der Waals surface area contributed by atoms with E-state index in [-0.39, 0.29) is 11.2 Å². The zero-order chi connectivity index (χ0) is 11.4. The minimum atomic E-state index is -3.05. The highest BCUT2D eigenvalue weighted by atomic mass is 32.2. The molecule has 1 spiro atoms.